The summed E-state index contributed by atoms with van der Waals surface area (Å²) in [5.41, 5.74) is 0. The number of carbonyl (C=O) groups is 1. The number of aliphatic carboxylic acids is 1. The van der Waals surface area contributed by atoms with Crippen molar-refractivity contribution in [2.45, 2.75) is 12.8 Å². The second-order valence-electron chi connectivity index (χ2n) is 3.08. The van der Waals surface area contributed by atoms with Crippen molar-refractivity contribution in [3.8, 4) is 0 Å². The Hall–Kier alpha value is -0.220. The molecule has 0 saturated carbocycles. The molecule has 2 atom stereocenters. The van der Waals surface area contributed by atoms with Crippen LogP contribution >= 0.6 is 11.8 Å². The van der Waals surface area contributed by atoms with Crippen molar-refractivity contribution in [3.05, 3.63) is 0 Å². The zero-order valence-corrected chi connectivity index (χ0v) is 7.72. The molecule has 0 bridgehead atoms. The van der Waals surface area contributed by atoms with Crippen molar-refractivity contribution in [1.29, 1.82) is 0 Å². The van der Waals surface area contributed by atoms with Gasteiger partial charge in [0.1, 0.15) is 0 Å². The molecule has 1 aliphatic heterocycles. The van der Waals surface area contributed by atoms with E-state index in [1.54, 1.807) is 11.8 Å². The normalized spacial score (nSPS) is 31.1. The molecule has 0 aliphatic carbocycles. The van der Waals surface area contributed by atoms with Crippen LogP contribution in [-0.2, 0) is 4.79 Å². The van der Waals surface area contributed by atoms with Gasteiger partial charge < -0.3 is 10.2 Å². The van der Waals surface area contributed by atoms with Gasteiger partial charge in [0.2, 0.25) is 0 Å². The van der Waals surface area contributed by atoms with Gasteiger partial charge in [-0.25, -0.2) is 0 Å². The first-order valence-electron chi connectivity index (χ1n) is 4.17. The Morgan fingerprint density at radius 3 is 2.67 bits per heavy atom. The Balaban J connectivity index is 2.57. The van der Waals surface area contributed by atoms with Crippen LogP contribution < -0.4 is 0 Å². The third-order valence-corrected chi connectivity index (χ3v) is 3.38. The Morgan fingerprint density at radius 1 is 1.42 bits per heavy atom. The van der Waals surface area contributed by atoms with Gasteiger partial charge in [0.05, 0.1) is 5.92 Å². The quantitative estimate of drug-likeness (QED) is 0.677. The van der Waals surface area contributed by atoms with Crippen LogP contribution in [0.4, 0.5) is 0 Å². The summed E-state index contributed by atoms with van der Waals surface area (Å²) in [4.78, 5) is 10.8. The van der Waals surface area contributed by atoms with Crippen molar-refractivity contribution >= 4 is 17.7 Å². The van der Waals surface area contributed by atoms with Crippen molar-refractivity contribution in [3.63, 3.8) is 0 Å². The van der Waals surface area contributed by atoms with Crippen LogP contribution in [0.1, 0.15) is 12.8 Å². The molecule has 0 aromatic carbocycles. The number of hydrogen-bond acceptors (Lipinski definition) is 3. The number of thioether (sulfide) groups is 1. The average Bonchev–Trinajstić information content (AvgIpc) is 2.27. The molecule has 1 heterocycles. The zero-order valence-electron chi connectivity index (χ0n) is 6.90. The second kappa shape index (κ2) is 4.72. The maximum atomic E-state index is 10.8. The Bertz CT molecular complexity index is 160. The minimum Gasteiger partial charge on any atom is -0.481 e. The van der Waals surface area contributed by atoms with E-state index in [1.165, 1.54) is 0 Å². The first-order chi connectivity index (χ1) is 5.75. The molecular weight excluding hydrogens is 176 g/mol. The SMILES string of the molecule is O=C(O)[C@@H]1CCSCC[C@@H]1CO. The highest BCUT2D eigenvalue weighted by atomic mass is 32.2. The van der Waals surface area contributed by atoms with E-state index in [0.717, 1.165) is 17.9 Å². The van der Waals surface area contributed by atoms with Gasteiger partial charge in [-0.15, -0.1) is 0 Å². The van der Waals surface area contributed by atoms with Crippen molar-refractivity contribution in [2.75, 3.05) is 18.1 Å². The van der Waals surface area contributed by atoms with Crippen molar-refractivity contribution in [1.82, 2.24) is 0 Å². The molecule has 0 aromatic heterocycles. The molecule has 1 fully saturated rings. The van der Waals surface area contributed by atoms with Crippen LogP contribution in [-0.4, -0.2) is 34.3 Å². The molecule has 1 saturated heterocycles. The average molecular weight is 190 g/mol. The van der Waals surface area contributed by atoms with E-state index in [-0.39, 0.29) is 18.4 Å². The van der Waals surface area contributed by atoms with Gasteiger partial charge in [0.15, 0.2) is 0 Å². The highest BCUT2D eigenvalue weighted by molar-refractivity contribution is 7.99. The molecule has 0 spiro atoms. The maximum absolute atomic E-state index is 10.8. The van der Waals surface area contributed by atoms with Crippen LogP contribution in [0.5, 0.6) is 0 Å². The van der Waals surface area contributed by atoms with Gasteiger partial charge in [-0.05, 0) is 30.3 Å². The lowest BCUT2D eigenvalue weighted by Gasteiger charge is -2.17. The third-order valence-electron chi connectivity index (χ3n) is 2.33. The molecule has 0 unspecified atom stereocenters. The first kappa shape index (κ1) is 9.86. The van der Waals surface area contributed by atoms with E-state index in [9.17, 15) is 4.79 Å². The third kappa shape index (κ3) is 2.38. The van der Waals surface area contributed by atoms with E-state index < -0.39 is 5.97 Å². The predicted molar refractivity (Wildman–Crippen MR) is 48.3 cm³/mol. The van der Waals surface area contributed by atoms with E-state index >= 15 is 0 Å². The summed E-state index contributed by atoms with van der Waals surface area (Å²) in [6.45, 7) is 0.0114. The smallest absolute Gasteiger partial charge is 0.306 e. The van der Waals surface area contributed by atoms with E-state index in [0.29, 0.717) is 6.42 Å². The molecule has 1 aliphatic rings. The number of carboxylic acid groups (broad SMARTS) is 1. The summed E-state index contributed by atoms with van der Waals surface area (Å²) >= 11 is 1.78. The van der Waals surface area contributed by atoms with Gasteiger partial charge in [-0.2, -0.15) is 11.8 Å². The topological polar surface area (TPSA) is 57.5 Å². The Morgan fingerprint density at radius 2 is 2.08 bits per heavy atom. The summed E-state index contributed by atoms with van der Waals surface area (Å²) in [7, 11) is 0. The predicted octanol–water partition coefficient (Wildman–Crippen LogP) is 0.823. The molecule has 0 amide bonds. The highest BCUT2D eigenvalue weighted by Crippen LogP contribution is 2.27. The molecule has 12 heavy (non-hydrogen) atoms. The van der Waals surface area contributed by atoms with Crippen LogP contribution in [0.25, 0.3) is 0 Å². The van der Waals surface area contributed by atoms with Gasteiger partial charge >= 0.3 is 5.97 Å². The fourth-order valence-corrected chi connectivity index (χ4v) is 2.62. The van der Waals surface area contributed by atoms with Gasteiger partial charge in [0, 0.05) is 6.61 Å². The van der Waals surface area contributed by atoms with Crippen LogP contribution in [0.3, 0.4) is 0 Å². The largest absolute Gasteiger partial charge is 0.481 e. The molecular formula is C8H14O3S. The number of aliphatic hydroxyl groups excluding tert-OH is 1. The van der Waals surface area contributed by atoms with Crippen molar-refractivity contribution in [2.24, 2.45) is 11.8 Å². The number of aliphatic hydroxyl groups is 1. The Kier molecular flexibility index (Phi) is 3.88. The monoisotopic (exact) mass is 190 g/mol. The maximum Gasteiger partial charge on any atom is 0.306 e. The minimum absolute atomic E-state index is 0.0114. The van der Waals surface area contributed by atoms with Crippen LogP contribution in [0.15, 0.2) is 0 Å². The standard InChI is InChI=1S/C8H14O3S/c9-5-6-1-3-12-4-2-7(6)8(10)11/h6-7,9H,1-5H2,(H,10,11)/t6-,7-/m1/s1. The van der Waals surface area contributed by atoms with Gasteiger partial charge in [-0.3, -0.25) is 4.79 Å². The lowest BCUT2D eigenvalue weighted by Crippen LogP contribution is -2.25. The summed E-state index contributed by atoms with van der Waals surface area (Å²) < 4.78 is 0. The number of carboxylic acids is 1. The fourth-order valence-electron chi connectivity index (χ4n) is 1.53. The minimum atomic E-state index is -0.753. The Labute approximate surface area is 76.2 Å². The van der Waals surface area contributed by atoms with E-state index in [1.807, 2.05) is 0 Å². The lowest BCUT2D eigenvalue weighted by molar-refractivity contribution is -0.144. The highest BCUT2D eigenvalue weighted by Gasteiger charge is 2.28. The molecule has 3 nitrogen and oxygen atoms in total. The molecule has 4 heteroatoms. The van der Waals surface area contributed by atoms with E-state index in [2.05, 4.69) is 0 Å². The second-order valence-corrected chi connectivity index (χ2v) is 4.30. The van der Waals surface area contributed by atoms with Gasteiger partial charge in [0.25, 0.3) is 0 Å². The summed E-state index contributed by atoms with van der Waals surface area (Å²) in [5.74, 6) is 0.779. The molecule has 1 rings (SSSR count). The molecule has 70 valence electrons. The zero-order chi connectivity index (χ0) is 8.97. The number of hydrogen-bond donors (Lipinski definition) is 2. The summed E-state index contributed by atoms with van der Waals surface area (Å²) in [6.07, 6.45) is 1.53. The summed E-state index contributed by atoms with van der Waals surface area (Å²) in [6, 6.07) is 0. The van der Waals surface area contributed by atoms with Crippen LogP contribution in [0.2, 0.25) is 0 Å². The summed E-state index contributed by atoms with van der Waals surface area (Å²) in [5, 5.41) is 17.8. The first-order valence-corrected chi connectivity index (χ1v) is 5.32. The molecule has 0 radical (unpaired) electrons. The molecule has 2 N–H and O–H groups in total. The van der Waals surface area contributed by atoms with Crippen LogP contribution in [0, 0.1) is 11.8 Å². The van der Waals surface area contributed by atoms with Crippen molar-refractivity contribution < 1.29 is 15.0 Å². The fraction of sp³-hybridized carbons (Fsp3) is 0.875. The van der Waals surface area contributed by atoms with E-state index in [4.69, 9.17) is 10.2 Å². The molecule has 0 aromatic rings. The van der Waals surface area contributed by atoms with Gasteiger partial charge in [-0.1, -0.05) is 0 Å². The number of rotatable bonds is 2. The lowest BCUT2D eigenvalue weighted by atomic mass is 9.89.